The maximum Gasteiger partial charge on any atom is 0.187 e. The molecule has 0 aromatic heterocycles. The SMILES string of the molecule is C[Si](C)(C)CCO[C@H]1O[C@H](COCc2ccccc2)[C@@H](O[C@@H]2O[C@H](COCc3ccccc3)[C@H](O)[C@H](O)[C@H]2OCc2ccccc2)[C@H](OCc2ccccc2)[C@H]1OCc1ccccc1. The van der Waals surface area contributed by atoms with Crippen molar-refractivity contribution in [1.29, 1.82) is 0 Å². The van der Waals surface area contributed by atoms with Crippen LogP contribution >= 0.6 is 0 Å². The number of hydrogen-bond donors (Lipinski definition) is 2. The van der Waals surface area contributed by atoms with Crippen LogP contribution in [0.15, 0.2) is 152 Å². The number of benzene rings is 5. The molecule has 2 heterocycles. The van der Waals surface area contributed by atoms with E-state index in [9.17, 15) is 10.2 Å². The molecular formula is C52H64O11Si. The highest BCUT2D eigenvalue weighted by atomic mass is 28.3. The van der Waals surface area contributed by atoms with E-state index in [4.69, 9.17) is 42.6 Å². The fourth-order valence-corrected chi connectivity index (χ4v) is 8.41. The molecule has 2 fully saturated rings. The molecule has 2 aliphatic rings. The topological polar surface area (TPSA) is 124 Å². The summed E-state index contributed by atoms with van der Waals surface area (Å²) in [6.45, 7) is 8.69. The van der Waals surface area contributed by atoms with E-state index in [0.29, 0.717) is 13.2 Å². The van der Waals surface area contributed by atoms with Crippen molar-refractivity contribution in [2.45, 2.75) is 120 Å². The number of aliphatic hydroxyl groups is 2. The molecule has 12 heteroatoms. The molecule has 10 atom stereocenters. The molecule has 11 nitrogen and oxygen atoms in total. The van der Waals surface area contributed by atoms with Crippen molar-refractivity contribution in [2.24, 2.45) is 0 Å². The van der Waals surface area contributed by atoms with Gasteiger partial charge in [0.05, 0.1) is 46.2 Å². The van der Waals surface area contributed by atoms with E-state index in [1.807, 2.05) is 152 Å². The first-order chi connectivity index (χ1) is 31.2. The monoisotopic (exact) mass is 892 g/mol. The van der Waals surface area contributed by atoms with Gasteiger partial charge in [-0.1, -0.05) is 171 Å². The summed E-state index contributed by atoms with van der Waals surface area (Å²) in [6.07, 6.45) is -10.2. The molecule has 2 aliphatic heterocycles. The van der Waals surface area contributed by atoms with Gasteiger partial charge >= 0.3 is 0 Å². The van der Waals surface area contributed by atoms with Crippen LogP contribution in [0.25, 0.3) is 0 Å². The predicted molar refractivity (Wildman–Crippen MR) is 246 cm³/mol. The standard InChI is InChI=1S/C52H64O11Si/c1-64(2,3)30-29-57-51-50(60-35-42-27-17-8-18-28-42)49(59-34-41-25-15-7-16-26-41)47(44(62-51)37-56-32-39-21-11-5-12-22-39)63-52-48(58-33-40-23-13-6-14-24-40)46(54)45(53)43(61-52)36-55-31-38-19-9-4-10-20-38/h4-28,43-54H,29-37H2,1-3H3/t43-,44-,45+,46+,47-,48-,49+,50-,51+,52+/m1/s1. The largest absolute Gasteiger partial charge is 0.387 e. The van der Waals surface area contributed by atoms with Gasteiger partial charge in [0.1, 0.15) is 48.8 Å². The Morgan fingerprint density at radius 2 is 0.812 bits per heavy atom. The molecule has 64 heavy (non-hydrogen) atoms. The third-order valence-corrected chi connectivity index (χ3v) is 13.0. The van der Waals surface area contributed by atoms with E-state index in [0.717, 1.165) is 33.9 Å². The Hall–Kier alpha value is -4.12. The Morgan fingerprint density at radius 3 is 1.27 bits per heavy atom. The minimum Gasteiger partial charge on any atom is -0.387 e. The molecule has 2 N–H and O–H groups in total. The van der Waals surface area contributed by atoms with Gasteiger partial charge in [0, 0.05) is 14.7 Å². The summed E-state index contributed by atoms with van der Waals surface area (Å²) in [4.78, 5) is 0. The first-order valence-electron chi connectivity index (χ1n) is 22.3. The van der Waals surface area contributed by atoms with Crippen LogP contribution in [0.1, 0.15) is 27.8 Å². The van der Waals surface area contributed by atoms with Crippen molar-refractivity contribution >= 4 is 8.07 Å². The van der Waals surface area contributed by atoms with Crippen LogP contribution in [-0.4, -0.2) is 99.5 Å². The highest BCUT2D eigenvalue weighted by Crippen LogP contribution is 2.35. The van der Waals surface area contributed by atoms with Crippen LogP contribution in [-0.2, 0) is 75.7 Å². The Balaban J connectivity index is 1.23. The fourth-order valence-electron chi connectivity index (χ4n) is 7.68. The lowest BCUT2D eigenvalue weighted by atomic mass is 9.96. The molecule has 2 saturated heterocycles. The molecule has 0 unspecified atom stereocenters. The van der Waals surface area contributed by atoms with Crippen LogP contribution in [0.3, 0.4) is 0 Å². The number of rotatable bonds is 23. The van der Waals surface area contributed by atoms with E-state index in [1.165, 1.54) is 0 Å². The Bertz CT molecular complexity index is 2020. The molecule has 5 aromatic rings. The Labute approximate surface area is 379 Å². The highest BCUT2D eigenvalue weighted by Gasteiger charge is 2.53. The van der Waals surface area contributed by atoms with Gasteiger partial charge in [-0.25, -0.2) is 0 Å². The lowest BCUT2D eigenvalue weighted by Gasteiger charge is -2.49. The first-order valence-corrected chi connectivity index (χ1v) is 26.0. The molecule has 0 amide bonds. The number of aliphatic hydroxyl groups excluding tert-OH is 2. The van der Waals surface area contributed by atoms with Crippen LogP contribution in [0, 0.1) is 0 Å². The minimum absolute atomic E-state index is 0.0209. The summed E-state index contributed by atoms with van der Waals surface area (Å²) >= 11 is 0. The third kappa shape index (κ3) is 14.4. The first kappa shape index (κ1) is 47.8. The van der Waals surface area contributed by atoms with E-state index >= 15 is 0 Å². The van der Waals surface area contributed by atoms with E-state index in [-0.39, 0.29) is 39.6 Å². The maximum atomic E-state index is 11.9. The summed E-state index contributed by atoms with van der Waals surface area (Å²) in [5.41, 5.74) is 4.76. The molecule has 0 radical (unpaired) electrons. The summed E-state index contributed by atoms with van der Waals surface area (Å²) in [6, 6.07) is 50.1. The summed E-state index contributed by atoms with van der Waals surface area (Å²) in [5, 5.41) is 23.5. The van der Waals surface area contributed by atoms with Gasteiger partial charge < -0.3 is 52.8 Å². The summed E-state index contributed by atoms with van der Waals surface area (Å²) in [7, 11) is -1.50. The molecule has 7 rings (SSSR count). The van der Waals surface area contributed by atoms with Gasteiger partial charge in [-0.15, -0.1) is 0 Å². The Kier molecular flexibility index (Phi) is 18.2. The van der Waals surface area contributed by atoms with E-state index < -0.39 is 69.5 Å². The van der Waals surface area contributed by atoms with Crippen molar-refractivity contribution in [1.82, 2.24) is 0 Å². The molecule has 5 aromatic carbocycles. The summed E-state index contributed by atoms with van der Waals surface area (Å²) in [5.74, 6) is 0. The second kappa shape index (κ2) is 24.4. The van der Waals surface area contributed by atoms with Gasteiger partial charge in [0.15, 0.2) is 12.6 Å². The quantitative estimate of drug-likeness (QED) is 0.0619. The van der Waals surface area contributed by atoms with Gasteiger partial charge in [-0.05, 0) is 33.9 Å². The average Bonchev–Trinajstić information content (AvgIpc) is 3.31. The van der Waals surface area contributed by atoms with E-state index in [2.05, 4.69) is 19.6 Å². The van der Waals surface area contributed by atoms with E-state index in [1.54, 1.807) is 0 Å². The molecule has 0 spiro atoms. The zero-order valence-corrected chi connectivity index (χ0v) is 38.1. The third-order valence-electron chi connectivity index (χ3n) is 11.3. The zero-order chi connectivity index (χ0) is 44.6. The molecule has 0 saturated carbocycles. The number of hydrogen-bond acceptors (Lipinski definition) is 11. The second-order valence-corrected chi connectivity index (χ2v) is 23.3. The highest BCUT2D eigenvalue weighted by molar-refractivity contribution is 6.76. The van der Waals surface area contributed by atoms with Crippen molar-refractivity contribution in [3.63, 3.8) is 0 Å². The fraction of sp³-hybridized carbons (Fsp3) is 0.423. The molecule has 0 aliphatic carbocycles. The van der Waals surface area contributed by atoms with Crippen LogP contribution < -0.4 is 0 Å². The van der Waals surface area contributed by atoms with Crippen molar-refractivity contribution in [3.8, 4) is 0 Å². The Morgan fingerprint density at radius 1 is 0.422 bits per heavy atom. The van der Waals surface area contributed by atoms with Gasteiger partial charge in [-0.2, -0.15) is 0 Å². The summed E-state index contributed by atoms with van der Waals surface area (Å²) < 4.78 is 60.1. The lowest BCUT2D eigenvalue weighted by Crippen LogP contribution is -2.66. The molecular weight excluding hydrogens is 829 g/mol. The number of ether oxygens (including phenoxy) is 9. The molecule has 342 valence electrons. The molecule has 0 bridgehead atoms. The van der Waals surface area contributed by atoms with Crippen molar-refractivity contribution < 1.29 is 52.8 Å². The van der Waals surface area contributed by atoms with Gasteiger partial charge in [-0.3, -0.25) is 0 Å². The normalized spacial score (nSPS) is 26.1. The smallest absolute Gasteiger partial charge is 0.187 e. The zero-order valence-electron chi connectivity index (χ0n) is 37.1. The maximum absolute atomic E-state index is 11.9. The predicted octanol–water partition coefficient (Wildman–Crippen LogP) is 8.09. The average molecular weight is 893 g/mol. The van der Waals surface area contributed by atoms with Crippen molar-refractivity contribution in [2.75, 3.05) is 19.8 Å². The minimum atomic E-state index is -1.50. The lowest BCUT2D eigenvalue weighted by molar-refractivity contribution is -0.372. The van der Waals surface area contributed by atoms with Crippen LogP contribution in [0.2, 0.25) is 25.7 Å². The second-order valence-electron chi connectivity index (χ2n) is 17.6. The van der Waals surface area contributed by atoms with Gasteiger partial charge in [0.25, 0.3) is 0 Å². The van der Waals surface area contributed by atoms with Crippen LogP contribution in [0.4, 0.5) is 0 Å². The van der Waals surface area contributed by atoms with Gasteiger partial charge in [0.2, 0.25) is 0 Å². The van der Waals surface area contributed by atoms with Crippen LogP contribution in [0.5, 0.6) is 0 Å². The van der Waals surface area contributed by atoms with Crippen molar-refractivity contribution in [3.05, 3.63) is 179 Å².